The van der Waals surface area contributed by atoms with E-state index in [0.717, 1.165) is 29.2 Å². The molecule has 4 heteroatoms. The second-order valence-corrected chi connectivity index (χ2v) is 7.26. The highest BCUT2D eigenvalue weighted by Crippen LogP contribution is 2.32. The monoisotopic (exact) mass is 359 g/mol. The van der Waals surface area contributed by atoms with Gasteiger partial charge in [-0.15, -0.1) is 0 Å². The molecular weight excluding hydrogens is 338 g/mol. The SMILES string of the molecule is CCc1ccccc1-c1nc(-c2ccc(-c3cscc3C)c(C)c2)n[nH]1. The van der Waals surface area contributed by atoms with Gasteiger partial charge in [-0.3, -0.25) is 5.10 Å². The number of hydrogen-bond acceptors (Lipinski definition) is 3. The molecule has 1 N–H and O–H groups in total. The van der Waals surface area contributed by atoms with E-state index in [1.54, 1.807) is 11.3 Å². The van der Waals surface area contributed by atoms with Crippen LogP contribution in [0.3, 0.4) is 0 Å². The summed E-state index contributed by atoms with van der Waals surface area (Å²) < 4.78 is 0. The fourth-order valence-corrected chi connectivity index (χ4v) is 4.16. The molecule has 0 aliphatic rings. The molecule has 0 bridgehead atoms. The number of nitrogens with zero attached hydrogens (tertiary/aromatic N) is 2. The molecule has 0 fully saturated rings. The number of thiophene rings is 1. The van der Waals surface area contributed by atoms with E-state index < -0.39 is 0 Å². The minimum Gasteiger partial charge on any atom is -0.259 e. The van der Waals surface area contributed by atoms with Gasteiger partial charge in [0, 0.05) is 11.1 Å². The van der Waals surface area contributed by atoms with Crippen LogP contribution < -0.4 is 0 Å². The molecule has 2 aromatic heterocycles. The van der Waals surface area contributed by atoms with Crippen molar-refractivity contribution in [2.24, 2.45) is 0 Å². The highest BCUT2D eigenvalue weighted by Gasteiger charge is 2.12. The molecule has 0 aliphatic carbocycles. The van der Waals surface area contributed by atoms with Crippen LogP contribution in [0.4, 0.5) is 0 Å². The average molecular weight is 359 g/mol. The first-order valence-corrected chi connectivity index (χ1v) is 9.76. The number of nitrogens with one attached hydrogen (secondary N) is 1. The molecule has 0 spiro atoms. The number of aryl methyl sites for hydroxylation is 3. The molecule has 4 rings (SSSR count). The van der Waals surface area contributed by atoms with Gasteiger partial charge in [0.15, 0.2) is 11.6 Å². The number of hydrogen-bond donors (Lipinski definition) is 1. The van der Waals surface area contributed by atoms with Crippen LogP contribution in [0.25, 0.3) is 33.9 Å². The van der Waals surface area contributed by atoms with E-state index in [2.05, 4.69) is 78.1 Å². The van der Waals surface area contributed by atoms with Gasteiger partial charge in [-0.2, -0.15) is 16.4 Å². The quantitative estimate of drug-likeness (QED) is 0.482. The van der Waals surface area contributed by atoms with Crippen molar-refractivity contribution in [3.63, 3.8) is 0 Å². The Labute approximate surface area is 157 Å². The summed E-state index contributed by atoms with van der Waals surface area (Å²) in [6.07, 6.45) is 0.972. The van der Waals surface area contributed by atoms with Crippen LogP contribution in [0.15, 0.2) is 53.2 Å². The summed E-state index contributed by atoms with van der Waals surface area (Å²) >= 11 is 1.75. The summed E-state index contributed by atoms with van der Waals surface area (Å²) in [6, 6.07) is 14.8. The summed E-state index contributed by atoms with van der Waals surface area (Å²) in [5.74, 6) is 1.57. The van der Waals surface area contributed by atoms with E-state index >= 15 is 0 Å². The predicted octanol–water partition coefficient (Wildman–Crippen LogP) is 6.05. The Bertz CT molecular complexity index is 1060. The molecule has 2 aromatic carbocycles. The molecule has 0 saturated carbocycles. The smallest absolute Gasteiger partial charge is 0.181 e. The Balaban J connectivity index is 1.70. The molecule has 0 saturated heterocycles. The average Bonchev–Trinajstić information content (AvgIpc) is 3.31. The third-order valence-corrected chi connectivity index (χ3v) is 5.63. The van der Waals surface area contributed by atoms with Crippen LogP contribution in [0, 0.1) is 13.8 Å². The van der Waals surface area contributed by atoms with Crippen molar-refractivity contribution in [2.45, 2.75) is 27.2 Å². The maximum absolute atomic E-state index is 4.75. The Morgan fingerprint density at radius 3 is 2.50 bits per heavy atom. The maximum Gasteiger partial charge on any atom is 0.181 e. The Morgan fingerprint density at radius 2 is 1.77 bits per heavy atom. The molecule has 4 aromatic rings. The Hall–Kier alpha value is -2.72. The van der Waals surface area contributed by atoms with Gasteiger partial charge in [-0.25, -0.2) is 4.98 Å². The summed E-state index contributed by atoms with van der Waals surface area (Å²) in [4.78, 5) is 4.75. The summed E-state index contributed by atoms with van der Waals surface area (Å²) in [5, 5.41) is 12.0. The zero-order valence-electron chi connectivity index (χ0n) is 15.2. The minimum absolute atomic E-state index is 0.739. The summed E-state index contributed by atoms with van der Waals surface area (Å²) in [6.45, 7) is 6.46. The first kappa shape index (κ1) is 16.7. The number of aromatic nitrogens is 3. The predicted molar refractivity (Wildman–Crippen MR) is 109 cm³/mol. The third-order valence-electron chi connectivity index (χ3n) is 4.77. The Morgan fingerprint density at radius 1 is 0.923 bits per heavy atom. The molecule has 26 heavy (non-hydrogen) atoms. The van der Waals surface area contributed by atoms with Crippen LogP contribution in [0.2, 0.25) is 0 Å². The fourth-order valence-electron chi connectivity index (χ4n) is 3.31. The lowest BCUT2D eigenvalue weighted by molar-refractivity contribution is 1.08. The van der Waals surface area contributed by atoms with E-state index in [9.17, 15) is 0 Å². The van der Waals surface area contributed by atoms with Crippen molar-refractivity contribution in [2.75, 3.05) is 0 Å². The maximum atomic E-state index is 4.75. The lowest BCUT2D eigenvalue weighted by Crippen LogP contribution is -1.89. The van der Waals surface area contributed by atoms with Gasteiger partial charge in [0.25, 0.3) is 0 Å². The molecule has 0 atom stereocenters. The number of H-pyrrole nitrogens is 1. The van der Waals surface area contributed by atoms with Crippen LogP contribution >= 0.6 is 11.3 Å². The van der Waals surface area contributed by atoms with E-state index in [4.69, 9.17) is 4.98 Å². The second-order valence-electron chi connectivity index (χ2n) is 6.52. The summed E-state index contributed by atoms with van der Waals surface area (Å²) in [5.41, 5.74) is 8.58. The zero-order chi connectivity index (χ0) is 18.1. The van der Waals surface area contributed by atoms with Gasteiger partial charge in [0.1, 0.15) is 0 Å². The molecule has 130 valence electrons. The fraction of sp³-hybridized carbons (Fsp3) is 0.182. The highest BCUT2D eigenvalue weighted by molar-refractivity contribution is 7.08. The number of aromatic amines is 1. The van der Waals surface area contributed by atoms with Gasteiger partial charge in [-0.05, 0) is 64.9 Å². The van der Waals surface area contributed by atoms with E-state index in [1.165, 1.54) is 27.8 Å². The molecule has 3 nitrogen and oxygen atoms in total. The van der Waals surface area contributed by atoms with Crippen molar-refractivity contribution in [1.29, 1.82) is 0 Å². The molecular formula is C22H21N3S. The number of rotatable bonds is 4. The molecule has 0 aliphatic heterocycles. The van der Waals surface area contributed by atoms with Crippen molar-refractivity contribution in [1.82, 2.24) is 15.2 Å². The van der Waals surface area contributed by atoms with Crippen molar-refractivity contribution < 1.29 is 0 Å². The topological polar surface area (TPSA) is 41.6 Å². The van der Waals surface area contributed by atoms with E-state index in [0.29, 0.717) is 0 Å². The van der Waals surface area contributed by atoms with Crippen molar-refractivity contribution in [3.8, 4) is 33.9 Å². The second kappa shape index (κ2) is 6.89. The summed E-state index contributed by atoms with van der Waals surface area (Å²) in [7, 11) is 0. The van der Waals surface area contributed by atoms with Crippen LogP contribution in [0.1, 0.15) is 23.6 Å². The van der Waals surface area contributed by atoms with Crippen molar-refractivity contribution in [3.05, 3.63) is 69.9 Å². The van der Waals surface area contributed by atoms with E-state index in [1.807, 2.05) is 6.07 Å². The van der Waals surface area contributed by atoms with Crippen LogP contribution in [0.5, 0.6) is 0 Å². The minimum atomic E-state index is 0.739. The molecule has 0 unspecified atom stereocenters. The van der Waals surface area contributed by atoms with E-state index in [-0.39, 0.29) is 0 Å². The van der Waals surface area contributed by atoms with Crippen molar-refractivity contribution >= 4 is 11.3 Å². The van der Waals surface area contributed by atoms with Gasteiger partial charge in [-0.1, -0.05) is 43.3 Å². The zero-order valence-corrected chi connectivity index (χ0v) is 16.0. The lowest BCUT2D eigenvalue weighted by atomic mass is 9.98. The van der Waals surface area contributed by atoms with Gasteiger partial charge >= 0.3 is 0 Å². The highest BCUT2D eigenvalue weighted by atomic mass is 32.1. The van der Waals surface area contributed by atoms with Gasteiger partial charge in [0.2, 0.25) is 0 Å². The lowest BCUT2D eigenvalue weighted by Gasteiger charge is -2.07. The van der Waals surface area contributed by atoms with Crippen LogP contribution in [-0.4, -0.2) is 15.2 Å². The molecule has 0 radical (unpaired) electrons. The molecule has 0 amide bonds. The number of benzene rings is 2. The van der Waals surface area contributed by atoms with Gasteiger partial charge in [0.05, 0.1) is 0 Å². The molecule has 2 heterocycles. The van der Waals surface area contributed by atoms with Gasteiger partial charge < -0.3 is 0 Å². The first-order chi connectivity index (χ1) is 12.7. The third kappa shape index (κ3) is 2.97. The Kier molecular flexibility index (Phi) is 4.43. The largest absolute Gasteiger partial charge is 0.259 e. The van der Waals surface area contributed by atoms with Crippen LogP contribution in [-0.2, 0) is 6.42 Å². The normalized spacial score (nSPS) is 11.0. The first-order valence-electron chi connectivity index (χ1n) is 8.82. The standard InChI is InChI=1S/C22H21N3S/c1-4-16-7-5-6-8-19(16)22-23-21(24-25-22)17-9-10-18(14(2)11-17)20-13-26-12-15(20)3/h5-13H,4H2,1-3H3,(H,23,24,25).